The number of allylic oxidation sites excluding steroid dienone is 1. The zero-order valence-electron chi connectivity index (χ0n) is 23.0. The van der Waals surface area contributed by atoms with E-state index in [4.69, 9.17) is 21.3 Å². The molecule has 1 heterocycles. The summed E-state index contributed by atoms with van der Waals surface area (Å²) in [6, 6.07) is 15.2. The van der Waals surface area contributed by atoms with E-state index in [-0.39, 0.29) is 18.0 Å². The minimum absolute atomic E-state index is 0.0227. The summed E-state index contributed by atoms with van der Waals surface area (Å²) in [7, 11) is 0. The van der Waals surface area contributed by atoms with E-state index in [0.717, 1.165) is 48.9 Å². The molecule has 0 aliphatic heterocycles. The molecule has 0 saturated heterocycles. The van der Waals surface area contributed by atoms with E-state index in [1.807, 2.05) is 12.1 Å². The lowest BCUT2D eigenvalue weighted by Gasteiger charge is -2.30. The van der Waals surface area contributed by atoms with Crippen molar-refractivity contribution in [3.63, 3.8) is 0 Å². The van der Waals surface area contributed by atoms with Crippen LogP contribution in [0.25, 0.3) is 5.57 Å². The molecule has 2 atom stereocenters. The quantitative estimate of drug-likeness (QED) is 0.313. The van der Waals surface area contributed by atoms with Gasteiger partial charge in [-0.05, 0) is 88.3 Å². The highest BCUT2D eigenvalue weighted by atomic mass is 35.5. The van der Waals surface area contributed by atoms with Crippen molar-refractivity contribution in [1.29, 1.82) is 0 Å². The van der Waals surface area contributed by atoms with Crippen LogP contribution in [-0.2, 0) is 11.2 Å². The van der Waals surface area contributed by atoms with Crippen molar-refractivity contribution in [3.05, 3.63) is 88.2 Å². The van der Waals surface area contributed by atoms with Gasteiger partial charge >= 0.3 is 6.09 Å². The number of rotatable bonds is 6. The Kier molecular flexibility index (Phi) is 8.07. The summed E-state index contributed by atoms with van der Waals surface area (Å²) in [4.78, 5) is 34.1. The van der Waals surface area contributed by atoms with Crippen LogP contribution in [0, 0.1) is 0 Å². The summed E-state index contributed by atoms with van der Waals surface area (Å²) in [6.07, 6.45) is 7.74. The second-order valence-corrected chi connectivity index (χ2v) is 11.7. The summed E-state index contributed by atoms with van der Waals surface area (Å²) < 4.78 is 5.27. The molecule has 0 bridgehead atoms. The Morgan fingerprint density at radius 1 is 1.02 bits per heavy atom. The lowest BCUT2D eigenvalue weighted by atomic mass is 9.91. The van der Waals surface area contributed by atoms with Gasteiger partial charge in [-0.1, -0.05) is 41.9 Å². The van der Waals surface area contributed by atoms with Gasteiger partial charge in [0.05, 0.1) is 16.9 Å². The largest absolute Gasteiger partial charge is 0.444 e. The molecular weight excluding hydrogens is 526 g/mol. The SMILES string of the molecule is CC(C)(C)OC(=O)Nc1ccc(C(=O)N[C@H]2CCC[C@@H](Nc3ncc(Cl)c(C4=CCc5ccccc54)n3)C2)cc1. The Balaban J connectivity index is 1.18. The van der Waals surface area contributed by atoms with Crippen LogP contribution in [0.3, 0.4) is 0 Å². The van der Waals surface area contributed by atoms with E-state index in [9.17, 15) is 9.59 Å². The molecule has 0 spiro atoms. The Labute approximate surface area is 239 Å². The van der Waals surface area contributed by atoms with Gasteiger partial charge in [-0.2, -0.15) is 0 Å². The Morgan fingerprint density at radius 2 is 1.77 bits per heavy atom. The van der Waals surface area contributed by atoms with Gasteiger partial charge in [0.2, 0.25) is 5.95 Å². The number of amides is 2. The molecule has 0 radical (unpaired) electrons. The van der Waals surface area contributed by atoms with Crippen LogP contribution < -0.4 is 16.0 Å². The standard InChI is InChI=1S/C31H34ClN5O3/c1-31(2,3)40-30(39)36-21-14-11-20(12-15-21)28(38)34-22-8-6-9-23(17-22)35-29-33-18-26(32)27(37-29)25-16-13-19-7-4-5-10-24(19)25/h4-5,7,10-12,14-16,18,22-23H,6,8-9,13,17H2,1-3H3,(H,34,38)(H,36,39)(H,33,35,37)/t22-,23+/m0/s1. The second kappa shape index (κ2) is 11.7. The highest BCUT2D eigenvalue weighted by Gasteiger charge is 2.25. The number of hydrogen-bond acceptors (Lipinski definition) is 6. The average Bonchev–Trinajstić information content (AvgIpc) is 3.33. The molecule has 2 aromatic carbocycles. The topological polar surface area (TPSA) is 105 Å². The average molecular weight is 560 g/mol. The van der Waals surface area contributed by atoms with E-state index < -0.39 is 11.7 Å². The first-order chi connectivity index (χ1) is 19.1. The predicted octanol–water partition coefficient (Wildman–Crippen LogP) is 6.62. The number of nitrogens with one attached hydrogen (secondary N) is 3. The van der Waals surface area contributed by atoms with Gasteiger partial charge in [0.15, 0.2) is 0 Å². The molecule has 2 aliphatic rings. The van der Waals surface area contributed by atoms with Crippen molar-refractivity contribution in [2.24, 2.45) is 0 Å². The fourth-order valence-electron chi connectivity index (χ4n) is 5.16. The first-order valence-corrected chi connectivity index (χ1v) is 14.0. The van der Waals surface area contributed by atoms with E-state index in [1.54, 1.807) is 51.2 Å². The van der Waals surface area contributed by atoms with Crippen molar-refractivity contribution < 1.29 is 14.3 Å². The van der Waals surface area contributed by atoms with Crippen molar-refractivity contribution in [3.8, 4) is 0 Å². The zero-order chi connectivity index (χ0) is 28.3. The van der Waals surface area contributed by atoms with E-state index >= 15 is 0 Å². The third kappa shape index (κ3) is 6.80. The number of aromatic nitrogens is 2. The van der Waals surface area contributed by atoms with Crippen molar-refractivity contribution in [2.75, 3.05) is 10.6 Å². The van der Waals surface area contributed by atoms with Crippen LogP contribution >= 0.6 is 11.6 Å². The van der Waals surface area contributed by atoms with Crippen LogP contribution in [0.4, 0.5) is 16.4 Å². The number of ether oxygens (including phenoxy) is 1. The third-order valence-corrected chi connectivity index (χ3v) is 7.24. The fourth-order valence-corrected chi connectivity index (χ4v) is 5.36. The summed E-state index contributed by atoms with van der Waals surface area (Å²) in [5, 5.41) is 9.83. The van der Waals surface area contributed by atoms with Gasteiger partial charge in [-0.15, -0.1) is 0 Å². The normalized spacial score (nSPS) is 18.4. The molecule has 0 unspecified atom stereocenters. The number of fused-ring (bicyclic) bond motifs is 1. The number of hydrogen-bond donors (Lipinski definition) is 3. The fraction of sp³-hybridized carbons (Fsp3) is 0.355. The molecule has 2 aliphatic carbocycles. The molecule has 1 saturated carbocycles. The number of anilines is 2. The summed E-state index contributed by atoms with van der Waals surface area (Å²) in [6.45, 7) is 5.41. The maximum atomic E-state index is 12.9. The molecule has 1 aromatic heterocycles. The van der Waals surface area contributed by atoms with Crippen molar-refractivity contribution in [2.45, 2.75) is 70.6 Å². The first kappa shape index (κ1) is 27.6. The van der Waals surface area contributed by atoms with E-state index in [0.29, 0.717) is 22.2 Å². The maximum Gasteiger partial charge on any atom is 0.412 e. The second-order valence-electron chi connectivity index (χ2n) is 11.3. The van der Waals surface area contributed by atoms with E-state index in [1.165, 1.54) is 5.56 Å². The van der Waals surface area contributed by atoms with Crippen LogP contribution in [0.15, 0.2) is 60.8 Å². The number of halogens is 1. The molecule has 208 valence electrons. The Morgan fingerprint density at radius 3 is 2.55 bits per heavy atom. The van der Waals surface area contributed by atoms with Gasteiger partial charge < -0.3 is 15.4 Å². The summed E-state index contributed by atoms with van der Waals surface area (Å²) in [5.74, 6) is 0.390. The van der Waals surface area contributed by atoms with Crippen molar-refractivity contribution in [1.82, 2.24) is 15.3 Å². The van der Waals surface area contributed by atoms with Gasteiger partial charge in [0.25, 0.3) is 5.91 Å². The maximum absolute atomic E-state index is 12.9. The van der Waals surface area contributed by atoms with Crippen molar-refractivity contribution >= 4 is 40.8 Å². The Hall–Kier alpha value is -3.91. The highest BCUT2D eigenvalue weighted by molar-refractivity contribution is 6.32. The minimum Gasteiger partial charge on any atom is -0.444 e. The lowest BCUT2D eigenvalue weighted by molar-refractivity contribution is 0.0635. The number of carbonyl (C=O) groups is 2. The van der Waals surface area contributed by atoms with Crippen LogP contribution in [-0.4, -0.2) is 39.7 Å². The molecule has 40 heavy (non-hydrogen) atoms. The Bertz CT molecular complexity index is 1430. The van der Waals surface area contributed by atoms with Crippen LogP contribution in [0.5, 0.6) is 0 Å². The van der Waals surface area contributed by atoms with Gasteiger partial charge in [0, 0.05) is 28.9 Å². The van der Waals surface area contributed by atoms with E-state index in [2.05, 4.69) is 39.1 Å². The third-order valence-electron chi connectivity index (χ3n) is 6.97. The van der Waals surface area contributed by atoms with Gasteiger partial charge in [-0.25, -0.2) is 14.8 Å². The summed E-state index contributed by atoms with van der Waals surface area (Å²) >= 11 is 6.52. The van der Waals surface area contributed by atoms with Gasteiger partial charge in [0.1, 0.15) is 5.60 Å². The zero-order valence-corrected chi connectivity index (χ0v) is 23.7. The molecule has 2 amide bonds. The smallest absolute Gasteiger partial charge is 0.412 e. The number of carbonyl (C=O) groups excluding carboxylic acids is 2. The van der Waals surface area contributed by atoms with Gasteiger partial charge in [-0.3, -0.25) is 10.1 Å². The molecule has 5 rings (SSSR count). The highest BCUT2D eigenvalue weighted by Crippen LogP contribution is 2.35. The molecular formula is C31H34ClN5O3. The lowest BCUT2D eigenvalue weighted by Crippen LogP contribution is -2.42. The molecule has 1 fully saturated rings. The number of nitrogens with zero attached hydrogens (tertiary/aromatic N) is 2. The monoisotopic (exact) mass is 559 g/mol. The predicted molar refractivity (Wildman–Crippen MR) is 158 cm³/mol. The molecule has 3 aromatic rings. The molecule has 9 heteroatoms. The van der Waals surface area contributed by atoms with Crippen LogP contribution in [0.1, 0.15) is 73.6 Å². The van der Waals surface area contributed by atoms with Crippen LogP contribution in [0.2, 0.25) is 5.02 Å². The minimum atomic E-state index is -0.585. The first-order valence-electron chi connectivity index (χ1n) is 13.6. The molecule has 3 N–H and O–H groups in total. The molecule has 8 nitrogen and oxygen atoms in total. The summed E-state index contributed by atoms with van der Waals surface area (Å²) in [5.41, 5.74) is 4.69. The number of benzene rings is 2.